The third-order valence-corrected chi connectivity index (χ3v) is 5.12. The summed E-state index contributed by atoms with van der Waals surface area (Å²) < 4.78 is 5.36. The first-order valence-electron chi connectivity index (χ1n) is 8.82. The molecular weight excluding hydrogens is 276 g/mol. The van der Waals surface area contributed by atoms with Crippen molar-refractivity contribution < 1.29 is 4.74 Å². The minimum Gasteiger partial charge on any atom is -0.377 e. The van der Waals surface area contributed by atoms with Gasteiger partial charge in [-0.25, -0.2) is 0 Å². The Morgan fingerprint density at radius 3 is 2.95 bits per heavy atom. The third kappa shape index (κ3) is 4.02. The van der Waals surface area contributed by atoms with E-state index in [-0.39, 0.29) is 0 Å². The molecule has 0 amide bonds. The minimum absolute atomic E-state index is 0.735. The van der Waals surface area contributed by atoms with Crippen LogP contribution in [0.5, 0.6) is 0 Å². The van der Waals surface area contributed by atoms with Crippen molar-refractivity contribution in [2.75, 3.05) is 53.0 Å². The lowest BCUT2D eigenvalue weighted by molar-refractivity contribution is 0.153. The second-order valence-corrected chi connectivity index (χ2v) is 6.54. The molecule has 0 aliphatic carbocycles. The summed E-state index contributed by atoms with van der Waals surface area (Å²) in [7, 11) is 1.90. The fourth-order valence-corrected chi connectivity index (χ4v) is 3.80. The molecule has 1 N–H and O–H groups in total. The number of hydrogen-bond acceptors (Lipinski definition) is 3. The predicted molar refractivity (Wildman–Crippen MR) is 90.3 cm³/mol. The molecule has 0 spiro atoms. The van der Waals surface area contributed by atoms with Gasteiger partial charge in [-0.05, 0) is 45.2 Å². The number of hydrogen-bond donors (Lipinski definition) is 1. The van der Waals surface area contributed by atoms with E-state index >= 15 is 0 Å². The van der Waals surface area contributed by atoms with Gasteiger partial charge in [0.05, 0.1) is 13.2 Å². The van der Waals surface area contributed by atoms with Crippen LogP contribution in [0, 0.1) is 0 Å². The minimum atomic E-state index is 0.735. The fourth-order valence-electron chi connectivity index (χ4n) is 3.80. The molecule has 0 aromatic rings. The first-order chi connectivity index (χ1) is 10.9. The number of rotatable bonds is 4. The van der Waals surface area contributed by atoms with Gasteiger partial charge in [0.2, 0.25) is 0 Å². The Kier molecular flexibility index (Phi) is 5.73. The van der Waals surface area contributed by atoms with Crippen molar-refractivity contribution in [1.29, 1.82) is 0 Å². The molecule has 5 heteroatoms. The Bertz CT molecular complexity index is 415. The number of ether oxygens (including phenoxy) is 1. The molecule has 0 aromatic heterocycles. The van der Waals surface area contributed by atoms with Crippen molar-refractivity contribution in [2.45, 2.75) is 38.1 Å². The number of guanidine groups is 1. The average molecular weight is 306 g/mol. The van der Waals surface area contributed by atoms with Crippen LogP contribution < -0.4 is 5.32 Å². The summed E-state index contributed by atoms with van der Waals surface area (Å²) >= 11 is 0. The molecule has 22 heavy (non-hydrogen) atoms. The Balaban J connectivity index is 1.42. The Morgan fingerprint density at radius 1 is 1.36 bits per heavy atom. The summed E-state index contributed by atoms with van der Waals surface area (Å²) in [6, 6.07) is 0.735. The number of nitrogens with zero attached hydrogens (tertiary/aromatic N) is 3. The number of aliphatic imine (C=N–C) groups is 1. The van der Waals surface area contributed by atoms with Crippen LogP contribution in [0.3, 0.4) is 0 Å². The Morgan fingerprint density at radius 2 is 2.23 bits per heavy atom. The second kappa shape index (κ2) is 7.97. The van der Waals surface area contributed by atoms with Crippen LogP contribution in [0.1, 0.15) is 32.1 Å². The van der Waals surface area contributed by atoms with Crippen molar-refractivity contribution in [3.63, 3.8) is 0 Å². The van der Waals surface area contributed by atoms with Crippen molar-refractivity contribution in [2.24, 2.45) is 4.99 Å². The van der Waals surface area contributed by atoms with Gasteiger partial charge < -0.3 is 15.0 Å². The molecule has 2 saturated heterocycles. The summed E-state index contributed by atoms with van der Waals surface area (Å²) in [6.07, 6.45) is 8.45. The lowest BCUT2D eigenvalue weighted by atomic mass is 10.1. The van der Waals surface area contributed by atoms with Gasteiger partial charge in [-0.15, -0.1) is 0 Å². The van der Waals surface area contributed by atoms with Gasteiger partial charge in [-0.3, -0.25) is 9.89 Å². The predicted octanol–water partition coefficient (Wildman–Crippen LogP) is 1.47. The van der Waals surface area contributed by atoms with Crippen LogP contribution in [0.2, 0.25) is 0 Å². The summed E-state index contributed by atoms with van der Waals surface area (Å²) in [5.41, 5.74) is 1.52. The largest absolute Gasteiger partial charge is 0.377 e. The highest BCUT2D eigenvalue weighted by Gasteiger charge is 2.30. The van der Waals surface area contributed by atoms with Crippen LogP contribution in [0.15, 0.2) is 16.6 Å². The maximum atomic E-state index is 5.36. The first-order valence-corrected chi connectivity index (χ1v) is 8.82. The fraction of sp³-hybridized carbons (Fsp3) is 0.824. The molecule has 5 nitrogen and oxygen atoms in total. The van der Waals surface area contributed by atoms with Crippen LogP contribution in [0.4, 0.5) is 0 Å². The van der Waals surface area contributed by atoms with Gasteiger partial charge in [0.15, 0.2) is 5.96 Å². The van der Waals surface area contributed by atoms with E-state index in [1.54, 1.807) is 0 Å². The smallest absolute Gasteiger partial charge is 0.193 e. The maximum absolute atomic E-state index is 5.36. The molecule has 0 aromatic carbocycles. The summed E-state index contributed by atoms with van der Waals surface area (Å²) in [4.78, 5) is 9.58. The molecule has 3 aliphatic rings. The van der Waals surface area contributed by atoms with Gasteiger partial charge in [-0.1, -0.05) is 11.6 Å². The van der Waals surface area contributed by atoms with Crippen molar-refractivity contribution >= 4 is 5.96 Å². The molecule has 2 fully saturated rings. The average Bonchev–Trinajstić information content (AvgIpc) is 3.23. The summed E-state index contributed by atoms with van der Waals surface area (Å²) in [5, 5.41) is 3.55. The normalized spacial score (nSPS) is 27.3. The molecule has 0 bridgehead atoms. The second-order valence-electron chi connectivity index (χ2n) is 6.54. The molecule has 1 unspecified atom stereocenters. The monoisotopic (exact) mass is 306 g/mol. The van der Waals surface area contributed by atoms with Crippen molar-refractivity contribution in [3.05, 3.63) is 11.6 Å². The van der Waals surface area contributed by atoms with Gasteiger partial charge in [0, 0.05) is 32.7 Å². The van der Waals surface area contributed by atoms with E-state index in [1.165, 1.54) is 37.9 Å². The van der Waals surface area contributed by atoms with Crippen LogP contribution in [-0.2, 0) is 4.74 Å². The lowest BCUT2D eigenvalue weighted by Crippen LogP contribution is -2.43. The Hall–Kier alpha value is -1.07. The third-order valence-electron chi connectivity index (χ3n) is 5.12. The van der Waals surface area contributed by atoms with Gasteiger partial charge in [0.25, 0.3) is 0 Å². The summed E-state index contributed by atoms with van der Waals surface area (Å²) in [6.45, 7) is 7.50. The topological polar surface area (TPSA) is 40.1 Å². The van der Waals surface area contributed by atoms with Crippen LogP contribution in [-0.4, -0.2) is 74.8 Å². The quantitative estimate of drug-likeness (QED) is 0.485. The molecular formula is C17H30N4O. The maximum Gasteiger partial charge on any atom is 0.193 e. The SMILES string of the molecule is CN=C(NCCC1=CCOCC1)N1CCC(N2CCCC2)C1. The highest BCUT2D eigenvalue weighted by atomic mass is 16.5. The molecule has 0 radical (unpaired) electrons. The van der Waals surface area contributed by atoms with E-state index in [0.29, 0.717) is 0 Å². The zero-order chi connectivity index (χ0) is 15.2. The van der Waals surface area contributed by atoms with Gasteiger partial charge >= 0.3 is 0 Å². The number of likely N-dealkylation sites (tertiary alicyclic amines) is 2. The van der Waals surface area contributed by atoms with E-state index in [4.69, 9.17) is 4.74 Å². The van der Waals surface area contributed by atoms with E-state index in [1.807, 2.05) is 7.05 Å². The zero-order valence-corrected chi connectivity index (χ0v) is 13.9. The standard InChI is InChI=1S/C17H30N4O/c1-18-17(19-8-4-15-6-12-22-13-7-15)21-11-5-16(14-21)20-9-2-3-10-20/h6,16H,2-5,7-14H2,1H3,(H,18,19). The molecule has 1 atom stereocenters. The number of nitrogens with one attached hydrogen (secondary N) is 1. The molecule has 3 aliphatic heterocycles. The molecule has 3 heterocycles. The van der Waals surface area contributed by atoms with E-state index in [2.05, 4.69) is 26.2 Å². The lowest BCUT2D eigenvalue weighted by Gasteiger charge is -2.25. The van der Waals surface area contributed by atoms with E-state index in [9.17, 15) is 0 Å². The van der Waals surface area contributed by atoms with Crippen molar-refractivity contribution in [3.8, 4) is 0 Å². The highest BCUT2D eigenvalue weighted by molar-refractivity contribution is 5.80. The molecule has 3 rings (SSSR count). The Labute approximate surface area is 134 Å². The van der Waals surface area contributed by atoms with E-state index < -0.39 is 0 Å². The van der Waals surface area contributed by atoms with E-state index in [0.717, 1.165) is 57.7 Å². The highest BCUT2D eigenvalue weighted by Crippen LogP contribution is 2.20. The van der Waals surface area contributed by atoms with Crippen LogP contribution >= 0.6 is 0 Å². The molecule has 124 valence electrons. The summed E-state index contributed by atoms with van der Waals surface area (Å²) in [5.74, 6) is 1.08. The van der Waals surface area contributed by atoms with Crippen molar-refractivity contribution in [1.82, 2.24) is 15.1 Å². The first kappa shape index (κ1) is 15.8. The van der Waals surface area contributed by atoms with Crippen LogP contribution in [0.25, 0.3) is 0 Å². The van der Waals surface area contributed by atoms with Gasteiger partial charge in [-0.2, -0.15) is 0 Å². The molecule has 0 saturated carbocycles. The van der Waals surface area contributed by atoms with Gasteiger partial charge in [0.1, 0.15) is 0 Å². The zero-order valence-electron chi connectivity index (χ0n) is 13.9.